The maximum absolute atomic E-state index is 6.21. The number of nitrogens with zero attached hydrogens (tertiary/aromatic N) is 2. The van der Waals surface area contributed by atoms with Gasteiger partial charge in [0.15, 0.2) is 0 Å². The Labute approximate surface area is 100 Å². The number of hydrogen-bond acceptors (Lipinski definition) is 2. The molecule has 0 spiro atoms. The zero-order chi connectivity index (χ0) is 11.9. The third kappa shape index (κ3) is 1.70. The van der Waals surface area contributed by atoms with Gasteiger partial charge in [-0.3, -0.25) is 4.40 Å². The van der Waals surface area contributed by atoms with Gasteiger partial charge in [-0.05, 0) is 19.1 Å². The average Bonchev–Trinajstić information content (AvgIpc) is 2.58. The van der Waals surface area contributed by atoms with Gasteiger partial charge in [0.1, 0.15) is 11.0 Å². The summed E-state index contributed by atoms with van der Waals surface area (Å²) in [4.78, 5) is 4.60. The van der Waals surface area contributed by atoms with Crippen LogP contribution in [0.15, 0.2) is 18.2 Å². The van der Waals surface area contributed by atoms with E-state index in [1.165, 1.54) is 0 Å². The number of nitrogens with two attached hydrogens (primary N) is 1. The molecule has 0 aliphatic carbocycles. The first-order valence-electron chi connectivity index (χ1n) is 5.44. The van der Waals surface area contributed by atoms with Crippen LogP contribution in [0.3, 0.4) is 0 Å². The molecule has 0 aromatic carbocycles. The Morgan fingerprint density at radius 1 is 1.31 bits per heavy atom. The van der Waals surface area contributed by atoms with Crippen molar-refractivity contribution in [3.8, 4) is 0 Å². The van der Waals surface area contributed by atoms with Crippen molar-refractivity contribution in [2.24, 2.45) is 5.73 Å². The maximum atomic E-state index is 6.21. The standard InChI is InChI=1S/C12H16ClN3/c1-7(2)12-15-11(8(3)14)9-5-4-6-10(13)16(9)12/h4-8H,14H2,1-3H3. The van der Waals surface area contributed by atoms with Crippen molar-refractivity contribution in [2.45, 2.75) is 32.7 Å². The predicted molar refractivity (Wildman–Crippen MR) is 66.9 cm³/mol. The van der Waals surface area contributed by atoms with Crippen LogP contribution in [-0.4, -0.2) is 9.38 Å². The van der Waals surface area contributed by atoms with Crippen molar-refractivity contribution in [3.05, 3.63) is 34.9 Å². The van der Waals surface area contributed by atoms with Crippen LogP contribution in [0.2, 0.25) is 5.15 Å². The van der Waals surface area contributed by atoms with E-state index in [0.717, 1.165) is 17.0 Å². The van der Waals surface area contributed by atoms with Gasteiger partial charge in [0.2, 0.25) is 0 Å². The second-order valence-corrected chi connectivity index (χ2v) is 4.76. The molecule has 0 radical (unpaired) electrons. The predicted octanol–water partition coefficient (Wildman–Crippen LogP) is 3.13. The molecule has 1 atom stereocenters. The Kier molecular flexibility index (Phi) is 2.91. The topological polar surface area (TPSA) is 43.3 Å². The molecule has 2 aromatic heterocycles. The summed E-state index contributed by atoms with van der Waals surface area (Å²) in [6.45, 7) is 6.14. The first-order chi connectivity index (χ1) is 7.52. The number of fused-ring (bicyclic) bond motifs is 1. The van der Waals surface area contributed by atoms with Crippen molar-refractivity contribution < 1.29 is 0 Å². The number of rotatable bonds is 2. The minimum absolute atomic E-state index is 0.0824. The summed E-state index contributed by atoms with van der Waals surface area (Å²) in [5, 5.41) is 0.681. The molecule has 86 valence electrons. The molecule has 1 unspecified atom stereocenters. The van der Waals surface area contributed by atoms with Gasteiger partial charge in [-0.15, -0.1) is 0 Å². The molecule has 3 nitrogen and oxygen atoms in total. The van der Waals surface area contributed by atoms with E-state index in [2.05, 4.69) is 18.8 Å². The monoisotopic (exact) mass is 237 g/mol. The van der Waals surface area contributed by atoms with E-state index in [1.807, 2.05) is 29.5 Å². The molecular formula is C12H16ClN3. The van der Waals surface area contributed by atoms with Crippen LogP contribution >= 0.6 is 11.6 Å². The molecule has 0 amide bonds. The first kappa shape index (κ1) is 11.4. The molecule has 4 heteroatoms. The molecule has 2 heterocycles. The number of aromatic nitrogens is 2. The molecule has 2 rings (SSSR count). The van der Waals surface area contributed by atoms with Crippen LogP contribution in [0, 0.1) is 0 Å². The van der Waals surface area contributed by atoms with Gasteiger partial charge in [-0.1, -0.05) is 31.5 Å². The summed E-state index contributed by atoms with van der Waals surface area (Å²) in [5.74, 6) is 1.28. The largest absolute Gasteiger partial charge is 0.323 e. The highest BCUT2D eigenvalue weighted by Crippen LogP contribution is 2.26. The van der Waals surface area contributed by atoms with Crippen molar-refractivity contribution in [1.82, 2.24) is 9.38 Å². The second kappa shape index (κ2) is 4.07. The summed E-state index contributed by atoms with van der Waals surface area (Å²) in [6.07, 6.45) is 0. The summed E-state index contributed by atoms with van der Waals surface area (Å²) in [7, 11) is 0. The van der Waals surface area contributed by atoms with Crippen LogP contribution < -0.4 is 5.73 Å². The molecule has 0 saturated heterocycles. The Balaban J connectivity index is 2.82. The van der Waals surface area contributed by atoms with Gasteiger partial charge in [-0.2, -0.15) is 0 Å². The van der Waals surface area contributed by atoms with E-state index in [-0.39, 0.29) is 6.04 Å². The number of hydrogen-bond donors (Lipinski definition) is 1. The van der Waals surface area contributed by atoms with Crippen LogP contribution in [0.1, 0.15) is 44.2 Å². The lowest BCUT2D eigenvalue weighted by atomic mass is 10.2. The van der Waals surface area contributed by atoms with E-state index in [9.17, 15) is 0 Å². The second-order valence-electron chi connectivity index (χ2n) is 4.37. The van der Waals surface area contributed by atoms with Crippen molar-refractivity contribution in [2.75, 3.05) is 0 Å². The maximum Gasteiger partial charge on any atom is 0.117 e. The fraction of sp³-hybridized carbons (Fsp3) is 0.417. The first-order valence-corrected chi connectivity index (χ1v) is 5.82. The van der Waals surface area contributed by atoms with Gasteiger partial charge in [0.25, 0.3) is 0 Å². The van der Waals surface area contributed by atoms with Crippen LogP contribution in [-0.2, 0) is 0 Å². The molecule has 2 N–H and O–H groups in total. The summed E-state index contributed by atoms with van der Waals surface area (Å²) >= 11 is 6.21. The molecule has 0 saturated carbocycles. The van der Waals surface area contributed by atoms with Gasteiger partial charge in [0.05, 0.1) is 11.2 Å². The molecular weight excluding hydrogens is 222 g/mol. The van der Waals surface area contributed by atoms with Gasteiger partial charge >= 0.3 is 0 Å². The highest BCUT2D eigenvalue weighted by atomic mass is 35.5. The Morgan fingerprint density at radius 3 is 2.56 bits per heavy atom. The van der Waals surface area contributed by atoms with Crippen molar-refractivity contribution >= 4 is 17.1 Å². The van der Waals surface area contributed by atoms with Gasteiger partial charge in [-0.25, -0.2) is 4.98 Å². The SMILES string of the molecule is CC(C)c1nc(C(C)N)c2cccc(Cl)n12. The zero-order valence-electron chi connectivity index (χ0n) is 9.74. The lowest BCUT2D eigenvalue weighted by Crippen LogP contribution is -2.05. The van der Waals surface area contributed by atoms with Gasteiger partial charge in [0, 0.05) is 12.0 Å². The number of halogens is 1. The fourth-order valence-electron chi connectivity index (χ4n) is 1.87. The van der Waals surface area contributed by atoms with Crippen molar-refractivity contribution in [1.29, 1.82) is 0 Å². The number of pyridine rings is 1. The summed E-state index contributed by atoms with van der Waals surface area (Å²) in [6, 6.07) is 5.72. The molecule has 2 aromatic rings. The smallest absolute Gasteiger partial charge is 0.117 e. The number of imidazole rings is 1. The third-order valence-electron chi connectivity index (χ3n) is 2.62. The Morgan fingerprint density at radius 2 is 2.00 bits per heavy atom. The van der Waals surface area contributed by atoms with E-state index in [1.54, 1.807) is 0 Å². The Bertz CT molecular complexity index is 514. The highest BCUT2D eigenvalue weighted by Gasteiger charge is 2.17. The van der Waals surface area contributed by atoms with E-state index in [0.29, 0.717) is 11.1 Å². The molecule has 16 heavy (non-hydrogen) atoms. The van der Waals surface area contributed by atoms with E-state index >= 15 is 0 Å². The summed E-state index contributed by atoms with van der Waals surface area (Å²) < 4.78 is 1.98. The van der Waals surface area contributed by atoms with Crippen LogP contribution in [0.25, 0.3) is 5.52 Å². The lowest BCUT2D eigenvalue weighted by Gasteiger charge is -2.05. The van der Waals surface area contributed by atoms with Crippen LogP contribution in [0.4, 0.5) is 0 Å². The van der Waals surface area contributed by atoms with Gasteiger partial charge < -0.3 is 5.73 Å². The fourth-order valence-corrected chi connectivity index (χ4v) is 2.12. The zero-order valence-corrected chi connectivity index (χ0v) is 10.5. The normalized spacial score (nSPS) is 13.6. The Hall–Kier alpha value is -1.06. The van der Waals surface area contributed by atoms with E-state index in [4.69, 9.17) is 17.3 Å². The van der Waals surface area contributed by atoms with E-state index < -0.39 is 0 Å². The quantitative estimate of drug-likeness (QED) is 0.816. The highest BCUT2D eigenvalue weighted by molar-refractivity contribution is 6.29. The minimum Gasteiger partial charge on any atom is -0.323 e. The molecule has 0 aliphatic heterocycles. The molecule has 0 bridgehead atoms. The average molecular weight is 238 g/mol. The van der Waals surface area contributed by atoms with Crippen LogP contribution in [0.5, 0.6) is 0 Å². The molecule has 0 fully saturated rings. The lowest BCUT2D eigenvalue weighted by molar-refractivity contribution is 0.745. The minimum atomic E-state index is -0.0824. The third-order valence-corrected chi connectivity index (χ3v) is 2.91. The van der Waals surface area contributed by atoms with Crippen molar-refractivity contribution in [3.63, 3.8) is 0 Å². The summed E-state index contributed by atoms with van der Waals surface area (Å²) in [5.41, 5.74) is 7.84. The molecule has 0 aliphatic rings.